The largest absolute Gasteiger partial charge is 0.504 e. The molecule has 0 saturated heterocycles. The molecule has 1 atom stereocenters. The van der Waals surface area contributed by atoms with E-state index >= 15 is 0 Å². The van der Waals surface area contributed by atoms with Gasteiger partial charge in [0.05, 0.1) is 14.2 Å². The van der Waals surface area contributed by atoms with Crippen LogP contribution in [0.5, 0.6) is 16.6 Å². The molecule has 4 nitrogen and oxygen atoms in total. The summed E-state index contributed by atoms with van der Waals surface area (Å²) in [5.74, 6) is 0.805. The Morgan fingerprint density at radius 2 is 2.05 bits per heavy atom. The number of methoxy groups -OCH3 is 2. The maximum absolute atomic E-state index is 10.1. The molecule has 3 heterocycles. The molecule has 116 valence electrons. The highest BCUT2D eigenvalue weighted by Crippen LogP contribution is 2.44. The smallest absolute Gasteiger partial charge is 0.173 e. The number of phenolic OH excluding ortho intramolecular Hbond substituents is 1. The Balaban J connectivity index is 1.74. The van der Waals surface area contributed by atoms with Crippen LogP contribution in [-0.4, -0.2) is 30.8 Å². The fourth-order valence-corrected chi connectivity index (χ4v) is 4.63. The lowest BCUT2D eigenvalue weighted by Crippen LogP contribution is -2.38. The number of thiophene rings is 1. The molecule has 5 heteroatoms. The molecule has 1 N–H and O–H groups in total. The molecular weight excluding hydrogens is 298 g/mol. The second-order valence-corrected chi connectivity index (χ2v) is 6.98. The summed E-state index contributed by atoms with van der Waals surface area (Å²) in [7, 11) is 3.33. The second-order valence-electron chi connectivity index (χ2n) is 5.88. The van der Waals surface area contributed by atoms with Gasteiger partial charge in [-0.1, -0.05) is 0 Å². The van der Waals surface area contributed by atoms with E-state index in [2.05, 4.69) is 11.0 Å². The van der Waals surface area contributed by atoms with E-state index in [9.17, 15) is 5.11 Å². The molecule has 0 amide bonds. The van der Waals surface area contributed by atoms with Gasteiger partial charge in [0.15, 0.2) is 16.6 Å². The Hall–Kier alpha value is -1.72. The van der Waals surface area contributed by atoms with Crippen LogP contribution in [0, 0.1) is 0 Å². The highest BCUT2D eigenvalue weighted by molar-refractivity contribution is 7.14. The summed E-state index contributed by atoms with van der Waals surface area (Å²) in [4.78, 5) is 3.91. The normalized spacial score (nSPS) is 20.0. The topological polar surface area (TPSA) is 41.9 Å². The van der Waals surface area contributed by atoms with Crippen molar-refractivity contribution in [1.29, 1.82) is 0 Å². The molecule has 0 spiro atoms. The van der Waals surface area contributed by atoms with Crippen molar-refractivity contribution in [1.82, 2.24) is 4.90 Å². The van der Waals surface area contributed by atoms with Crippen LogP contribution in [0.15, 0.2) is 18.2 Å². The van der Waals surface area contributed by atoms with Crippen molar-refractivity contribution in [3.05, 3.63) is 39.8 Å². The van der Waals surface area contributed by atoms with Crippen LogP contribution in [0.4, 0.5) is 0 Å². The van der Waals surface area contributed by atoms with Crippen molar-refractivity contribution in [2.75, 3.05) is 20.8 Å². The van der Waals surface area contributed by atoms with E-state index in [1.165, 1.54) is 21.6 Å². The van der Waals surface area contributed by atoms with Crippen molar-refractivity contribution in [2.45, 2.75) is 25.4 Å². The first-order valence-electron chi connectivity index (χ1n) is 7.49. The summed E-state index contributed by atoms with van der Waals surface area (Å²) in [6.07, 6.45) is 1.99. The summed E-state index contributed by atoms with van der Waals surface area (Å²) >= 11 is 1.74. The third kappa shape index (κ3) is 2.08. The van der Waals surface area contributed by atoms with Crippen molar-refractivity contribution >= 4 is 11.3 Å². The molecule has 1 unspecified atom stereocenters. The minimum Gasteiger partial charge on any atom is -0.504 e. The molecule has 2 aromatic rings. The van der Waals surface area contributed by atoms with Gasteiger partial charge in [-0.3, -0.25) is 4.90 Å². The highest BCUT2D eigenvalue weighted by atomic mass is 32.1. The number of hydrogen-bond donors (Lipinski definition) is 1. The molecule has 22 heavy (non-hydrogen) atoms. The van der Waals surface area contributed by atoms with Gasteiger partial charge in [0.25, 0.3) is 0 Å². The van der Waals surface area contributed by atoms with Gasteiger partial charge >= 0.3 is 0 Å². The van der Waals surface area contributed by atoms with Crippen LogP contribution >= 0.6 is 11.3 Å². The van der Waals surface area contributed by atoms with Crippen LogP contribution in [0.1, 0.15) is 27.6 Å². The van der Waals surface area contributed by atoms with Crippen LogP contribution < -0.4 is 9.47 Å². The lowest BCUT2D eigenvalue weighted by Gasteiger charge is -2.40. The van der Waals surface area contributed by atoms with E-state index in [-0.39, 0.29) is 5.75 Å². The van der Waals surface area contributed by atoms with Gasteiger partial charge in [0, 0.05) is 30.4 Å². The van der Waals surface area contributed by atoms with Crippen LogP contribution in [0.3, 0.4) is 0 Å². The first kappa shape index (κ1) is 13.9. The minimum absolute atomic E-state index is 0.234. The number of aromatic hydroxyl groups is 1. The van der Waals surface area contributed by atoms with Gasteiger partial charge < -0.3 is 14.6 Å². The lowest BCUT2D eigenvalue weighted by molar-refractivity contribution is 0.162. The van der Waals surface area contributed by atoms with Gasteiger partial charge in [-0.2, -0.15) is 0 Å². The monoisotopic (exact) mass is 317 g/mol. The molecule has 0 radical (unpaired) electrons. The maximum Gasteiger partial charge on any atom is 0.173 e. The van der Waals surface area contributed by atoms with E-state index in [1.54, 1.807) is 25.6 Å². The van der Waals surface area contributed by atoms with E-state index in [1.807, 2.05) is 12.1 Å². The Labute approximate surface area is 133 Å². The van der Waals surface area contributed by atoms with Crippen LogP contribution in [-0.2, 0) is 19.4 Å². The molecule has 0 saturated carbocycles. The summed E-state index contributed by atoms with van der Waals surface area (Å²) in [5, 5.41) is 11.1. The molecule has 0 fully saturated rings. The number of fused-ring (bicyclic) bond motifs is 4. The third-order valence-electron chi connectivity index (χ3n) is 4.74. The first-order chi connectivity index (χ1) is 10.7. The molecule has 1 aromatic heterocycles. The van der Waals surface area contributed by atoms with Crippen molar-refractivity contribution in [2.24, 2.45) is 0 Å². The highest BCUT2D eigenvalue weighted by Gasteiger charge is 2.34. The summed E-state index contributed by atoms with van der Waals surface area (Å²) in [6.45, 7) is 2.01. The Bertz CT molecular complexity index is 725. The molecule has 0 bridgehead atoms. The minimum atomic E-state index is 0.234. The van der Waals surface area contributed by atoms with E-state index in [0.717, 1.165) is 31.0 Å². The van der Waals surface area contributed by atoms with Crippen LogP contribution in [0.25, 0.3) is 0 Å². The number of hydrogen-bond acceptors (Lipinski definition) is 5. The fourth-order valence-electron chi connectivity index (χ4n) is 3.60. The van der Waals surface area contributed by atoms with Gasteiger partial charge in [-0.05, 0) is 41.3 Å². The van der Waals surface area contributed by atoms with E-state index < -0.39 is 0 Å². The summed E-state index contributed by atoms with van der Waals surface area (Å²) < 4.78 is 10.6. The number of rotatable bonds is 2. The molecular formula is C17H19NO3S. The zero-order chi connectivity index (χ0) is 15.3. The third-order valence-corrected chi connectivity index (χ3v) is 5.90. The molecule has 0 aliphatic carbocycles. The van der Waals surface area contributed by atoms with Gasteiger partial charge in [-0.15, -0.1) is 11.3 Å². The van der Waals surface area contributed by atoms with Crippen molar-refractivity contribution in [3.8, 4) is 16.6 Å². The fraction of sp³-hybridized carbons (Fsp3) is 0.412. The number of ether oxygens (including phenoxy) is 2. The SMILES string of the molecule is COc1cc2c(s1)CC1c3cc(O)c(OC)cc3CCN1C2. The molecule has 1 aromatic carbocycles. The summed E-state index contributed by atoms with van der Waals surface area (Å²) in [6, 6.07) is 6.39. The number of phenols is 1. The van der Waals surface area contributed by atoms with Crippen molar-refractivity contribution in [3.63, 3.8) is 0 Å². The Morgan fingerprint density at radius 3 is 2.82 bits per heavy atom. The number of nitrogens with zero attached hydrogens (tertiary/aromatic N) is 1. The predicted octanol–water partition coefficient (Wildman–Crippen LogP) is 3.13. The average Bonchev–Trinajstić information content (AvgIpc) is 2.94. The predicted molar refractivity (Wildman–Crippen MR) is 86.1 cm³/mol. The van der Waals surface area contributed by atoms with Gasteiger partial charge in [-0.25, -0.2) is 0 Å². The Morgan fingerprint density at radius 1 is 1.18 bits per heavy atom. The molecule has 4 rings (SSSR count). The second kappa shape index (κ2) is 5.18. The standard InChI is InChI=1S/C17H19NO3S/c1-20-15-5-10-3-4-18-9-11-6-17(21-2)22-16(11)8-13(18)12(10)7-14(15)19/h5-7,13,19H,3-4,8-9H2,1-2H3. The van der Waals surface area contributed by atoms with Crippen molar-refractivity contribution < 1.29 is 14.6 Å². The van der Waals surface area contributed by atoms with Crippen LogP contribution in [0.2, 0.25) is 0 Å². The average molecular weight is 317 g/mol. The van der Waals surface area contributed by atoms with Gasteiger partial charge in [0.1, 0.15) is 0 Å². The zero-order valence-corrected chi connectivity index (χ0v) is 13.6. The van der Waals surface area contributed by atoms with Gasteiger partial charge in [0.2, 0.25) is 0 Å². The summed E-state index contributed by atoms with van der Waals surface area (Å²) in [5.41, 5.74) is 3.92. The van der Waals surface area contributed by atoms with E-state index in [0.29, 0.717) is 11.8 Å². The first-order valence-corrected chi connectivity index (χ1v) is 8.30. The lowest BCUT2D eigenvalue weighted by atomic mass is 9.87. The maximum atomic E-state index is 10.1. The molecule has 2 aliphatic rings. The zero-order valence-electron chi connectivity index (χ0n) is 12.8. The number of benzene rings is 1. The Kier molecular flexibility index (Phi) is 3.27. The van der Waals surface area contributed by atoms with E-state index in [4.69, 9.17) is 9.47 Å². The molecule has 2 aliphatic heterocycles. The quantitative estimate of drug-likeness (QED) is 0.924.